The molecule has 0 saturated heterocycles. The van der Waals surface area contributed by atoms with Crippen molar-refractivity contribution in [2.24, 2.45) is 0 Å². The lowest BCUT2D eigenvalue weighted by molar-refractivity contribution is -0.432. The summed E-state index contributed by atoms with van der Waals surface area (Å²) in [4.78, 5) is 22.4. The quantitative estimate of drug-likeness (QED) is 0.274. The molecule has 0 aromatic carbocycles. The van der Waals surface area contributed by atoms with Crippen molar-refractivity contribution in [3.05, 3.63) is 0 Å². The van der Waals surface area contributed by atoms with Crippen molar-refractivity contribution >= 4 is 24.0 Å². The van der Waals surface area contributed by atoms with Crippen LogP contribution in [0.1, 0.15) is 6.42 Å². The normalized spacial score (nSPS) is 11.9. The van der Waals surface area contributed by atoms with Crippen LogP contribution in [0.15, 0.2) is 0 Å². The monoisotopic (exact) mass is 290 g/mol. The number of alkyl halides is 2. The van der Waals surface area contributed by atoms with Crippen LogP contribution in [0.25, 0.3) is 0 Å². The fourth-order valence-corrected chi connectivity index (χ4v) is 1.30. The zero-order valence-electron chi connectivity index (χ0n) is 9.17. The van der Waals surface area contributed by atoms with Gasteiger partial charge in [-0.3, -0.25) is 9.59 Å². The van der Waals surface area contributed by atoms with Gasteiger partial charge in [-0.15, -0.1) is 4.33 Å². The van der Waals surface area contributed by atoms with E-state index in [2.05, 4.69) is 18.8 Å². The Balaban J connectivity index is 4.19. The molecule has 0 fully saturated rings. The molecule has 0 aromatic rings. The largest absolute Gasteiger partial charge is 0.463 e. The second kappa shape index (κ2) is 11.1. The minimum atomic E-state index is -1.23. The molecule has 0 spiro atoms. The molecule has 18 heavy (non-hydrogen) atoms. The number of hydrogen-bond acceptors (Lipinski definition) is 8. The fraction of sp³-hybridized carbons (Fsp3) is 0.750. The Hall–Kier alpha value is -0.970. The Labute approximate surface area is 105 Å². The highest BCUT2D eigenvalue weighted by atomic mass is 32.2. The second-order valence-electron chi connectivity index (χ2n) is 2.70. The molecular formula is C8H12F2O7S. The highest BCUT2D eigenvalue weighted by molar-refractivity contribution is 7.95. The van der Waals surface area contributed by atoms with Gasteiger partial charge in [0.25, 0.3) is 0 Å². The van der Waals surface area contributed by atoms with Crippen molar-refractivity contribution in [3.63, 3.8) is 0 Å². The molecule has 0 heterocycles. The Kier molecular flexibility index (Phi) is 10.5. The summed E-state index contributed by atoms with van der Waals surface area (Å²) in [7, 11) is 0. The summed E-state index contributed by atoms with van der Waals surface area (Å²) in [6.45, 7) is -2.65. The molecule has 0 aliphatic carbocycles. The fourth-order valence-electron chi connectivity index (χ4n) is 0.816. The molecule has 106 valence electrons. The van der Waals surface area contributed by atoms with E-state index in [0.717, 1.165) is 0 Å². The lowest BCUT2D eigenvalue weighted by Gasteiger charge is -2.12. The van der Waals surface area contributed by atoms with E-state index in [1.54, 1.807) is 0 Å². The summed E-state index contributed by atoms with van der Waals surface area (Å²) in [6.07, 6.45) is -0.501. The molecule has 0 radical (unpaired) electrons. The summed E-state index contributed by atoms with van der Waals surface area (Å²) in [5, 5.41) is 9.96. The van der Waals surface area contributed by atoms with Gasteiger partial charge < -0.3 is 9.47 Å². The Morgan fingerprint density at radius 2 is 1.78 bits per heavy atom. The van der Waals surface area contributed by atoms with Crippen LogP contribution in [0, 0.1) is 0 Å². The Morgan fingerprint density at radius 3 is 2.33 bits per heavy atom. The van der Waals surface area contributed by atoms with E-state index in [1.165, 1.54) is 0 Å². The molecule has 7 nitrogen and oxygen atoms in total. The molecule has 10 heteroatoms. The van der Waals surface area contributed by atoms with Gasteiger partial charge in [-0.05, 0) is 0 Å². The Morgan fingerprint density at radius 1 is 1.17 bits per heavy atom. The van der Waals surface area contributed by atoms with Crippen molar-refractivity contribution in [1.82, 2.24) is 0 Å². The van der Waals surface area contributed by atoms with Gasteiger partial charge in [0.15, 0.2) is 0 Å². The maximum absolute atomic E-state index is 11.8. The maximum atomic E-state index is 11.8. The topological polar surface area (TPSA) is 91.3 Å². The molecule has 0 aromatic heterocycles. The van der Waals surface area contributed by atoms with Crippen molar-refractivity contribution in [3.8, 4) is 0 Å². The van der Waals surface area contributed by atoms with Gasteiger partial charge in [0.1, 0.15) is 31.8 Å². The van der Waals surface area contributed by atoms with E-state index in [9.17, 15) is 18.4 Å². The number of ether oxygens (including phenoxy) is 2. The van der Waals surface area contributed by atoms with E-state index in [0.29, 0.717) is 0 Å². The van der Waals surface area contributed by atoms with E-state index in [4.69, 9.17) is 5.26 Å². The third-order valence-corrected chi connectivity index (χ3v) is 2.19. The molecule has 0 bridgehead atoms. The predicted molar refractivity (Wildman–Crippen MR) is 54.7 cm³/mol. The number of rotatable bonds is 10. The van der Waals surface area contributed by atoms with Gasteiger partial charge in [-0.25, -0.2) is 14.0 Å². The zero-order valence-corrected chi connectivity index (χ0v) is 9.99. The highest BCUT2D eigenvalue weighted by Crippen LogP contribution is 2.18. The molecule has 1 atom stereocenters. The van der Waals surface area contributed by atoms with Crippen LogP contribution < -0.4 is 0 Å². The second-order valence-corrected chi connectivity index (χ2v) is 3.60. The van der Waals surface area contributed by atoms with Gasteiger partial charge in [0.05, 0.1) is 18.5 Å². The third kappa shape index (κ3) is 8.17. The third-order valence-electron chi connectivity index (χ3n) is 1.46. The highest BCUT2D eigenvalue weighted by Gasteiger charge is 2.26. The lowest BCUT2D eigenvalue weighted by Crippen LogP contribution is -2.25. The molecule has 0 aliphatic heterocycles. The summed E-state index contributed by atoms with van der Waals surface area (Å²) < 4.78 is 36.3. The first-order valence-corrected chi connectivity index (χ1v) is 5.54. The van der Waals surface area contributed by atoms with Crippen LogP contribution in [0.5, 0.6) is 0 Å². The average Bonchev–Trinajstić information content (AvgIpc) is 2.38. The SMILES string of the molecule is O=C(CC(SOOO)C(=O)OCCF)OCCF. The summed E-state index contributed by atoms with van der Waals surface area (Å²) >= 11 is 0.278. The van der Waals surface area contributed by atoms with Crippen molar-refractivity contribution in [2.45, 2.75) is 11.7 Å². The van der Waals surface area contributed by atoms with Crippen LogP contribution >= 0.6 is 12.0 Å². The molecular weight excluding hydrogens is 278 g/mol. The minimum Gasteiger partial charge on any atom is -0.463 e. The smallest absolute Gasteiger partial charge is 0.322 e. The zero-order chi connectivity index (χ0) is 13.8. The summed E-state index contributed by atoms with van der Waals surface area (Å²) in [6, 6.07) is 0. The van der Waals surface area contributed by atoms with Crippen LogP contribution in [0.2, 0.25) is 0 Å². The van der Waals surface area contributed by atoms with Crippen molar-refractivity contribution in [1.29, 1.82) is 0 Å². The summed E-state index contributed by atoms with van der Waals surface area (Å²) in [5.74, 6) is -1.82. The number of halogens is 2. The first-order valence-electron chi connectivity index (χ1n) is 4.73. The van der Waals surface area contributed by atoms with E-state index in [1.807, 2.05) is 0 Å². The maximum Gasteiger partial charge on any atom is 0.322 e. The van der Waals surface area contributed by atoms with Gasteiger partial charge in [-0.2, -0.15) is 0 Å². The standard InChI is InChI=1S/C8H12F2O7S/c9-1-3-14-7(11)5-6(18-17-16-13)8(12)15-4-2-10/h6,13H,1-5H2. The first-order chi connectivity index (χ1) is 8.65. The van der Waals surface area contributed by atoms with Gasteiger partial charge >= 0.3 is 11.9 Å². The minimum absolute atomic E-state index is 0.278. The molecule has 0 rings (SSSR count). The molecule has 1 N–H and O–H groups in total. The van der Waals surface area contributed by atoms with E-state index >= 15 is 0 Å². The number of carbonyl (C=O) groups is 2. The van der Waals surface area contributed by atoms with Crippen LogP contribution in [-0.2, 0) is 28.4 Å². The number of carbonyl (C=O) groups excluding carboxylic acids is 2. The van der Waals surface area contributed by atoms with Crippen molar-refractivity contribution in [2.75, 3.05) is 26.6 Å². The van der Waals surface area contributed by atoms with E-state index < -0.39 is 50.2 Å². The average molecular weight is 290 g/mol. The van der Waals surface area contributed by atoms with Crippen LogP contribution in [-0.4, -0.2) is 49.0 Å². The summed E-state index contributed by atoms with van der Waals surface area (Å²) in [5.41, 5.74) is 0. The predicted octanol–water partition coefficient (Wildman–Crippen LogP) is 0.840. The van der Waals surface area contributed by atoms with Crippen LogP contribution in [0.3, 0.4) is 0 Å². The number of hydrogen-bond donors (Lipinski definition) is 1. The first kappa shape index (κ1) is 17.0. The van der Waals surface area contributed by atoms with Gasteiger partial charge in [0, 0.05) is 0 Å². The van der Waals surface area contributed by atoms with Crippen LogP contribution in [0.4, 0.5) is 8.78 Å². The molecule has 1 unspecified atom stereocenters. The van der Waals surface area contributed by atoms with Crippen molar-refractivity contribution < 1.29 is 42.5 Å². The number of esters is 2. The Bertz CT molecular complexity index is 254. The molecule has 0 aliphatic rings. The van der Waals surface area contributed by atoms with E-state index in [-0.39, 0.29) is 12.0 Å². The molecule has 0 saturated carbocycles. The lowest BCUT2D eigenvalue weighted by atomic mass is 10.3. The van der Waals surface area contributed by atoms with Gasteiger partial charge in [-0.1, -0.05) is 5.04 Å². The van der Waals surface area contributed by atoms with Gasteiger partial charge in [0.2, 0.25) is 0 Å². The molecule has 0 amide bonds.